The van der Waals surface area contributed by atoms with Crippen LogP contribution >= 0.6 is 0 Å². The van der Waals surface area contributed by atoms with Crippen LogP contribution in [0, 0.1) is 5.92 Å². The van der Waals surface area contributed by atoms with E-state index in [0.717, 1.165) is 12.1 Å². The standard InChI is InChI=1S/C17H22N2/c1-3-18-16-10-9-13(12(16)2)14-6-4-8-17-15(14)7-5-11-19-17/h4-8,11-13,16,18H,3,9-10H2,1-2H3. The highest BCUT2D eigenvalue weighted by molar-refractivity contribution is 5.82. The van der Waals surface area contributed by atoms with Gasteiger partial charge in [-0.25, -0.2) is 0 Å². The van der Waals surface area contributed by atoms with Crippen molar-refractivity contribution in [2.75, 3.05) is 6.54 Å². The van der Waals surface area contributed by atoms with Crippen molar-refractivity contribution in [3.8, 4) is 0 Å². The van der Waals surface area contributed by atoms with Crippen molar-refractivity contribution in [3.63, 3.8) is 0 Å². The minimum absolute atomic E-state index is 0.664. The summed E-state index contributed by atoms with van der Waals surface area (Å²) in [5.41, 5.74) is 2.61. The molecule has 1 aromatic heterocycles. The smallest absolute Gasteiger partial charge is 0.0704 e. The van der Waals surface area contributed by atoms with Crippen LogP contribution in [0.2, 0.25) is 0 Å². The third kappa shape index (κ3) is 2.25. The van der Waals surface area contributed by atoms with Gasteiger partial charge in [-0.3, -0.25) is 4.98 Å². The molecule has 2 heteroatoms. The van der Waals surface area contributed by atoms with Crippen molar-refractivity contribution in [1.82, 2.24) is 10.3 Å². The Morgan fingerprint density at radius 1 is 1.21 bits per heavy atom. The van der Waals surface area contributed by atoms with Crippen LogP contribution in [0.25, 0.3) is 10.9 Å². The maximum atomic E-state index is 4.48. The molecule has 3 rings (SSSR count). The molecular formula is C17H22N2. The van der Waals surface area contributed by atoms with Gasteiger partial charge in [-0.1, -0.05) is 32.0 Å². The van der Waals surface area contributed by atoms with Crippen molar-refractivity contribution in [3.05, 3.63) is 42.1 Å². The molecule has 0 amide bonds. The Hall–Kier alpha value is -1.41. The zero-order valence-electron chi connectivity index (χ0n) is 11.8. The van der Waals surface area contributed by atoms with E-state index in [4.69, 9.17) is 0 Å². The first-order valence-corrected chi connectivity index (χ1v) is 7.38. The van der Waals surface area contributed by atoms with Gasteiger partial charge in [0.1, 0.15) is 0 Å². The molecule has 0 radical (unpaired) electrons. The van der Waals surface area contributed by atoms with Crippen molar-refractivity contribution in [2.24, 2.45) is 5.92 Å². The van der Waals surface area contributed by atoms with Crippen LogP contribution in [0.4, 0.5) is 0 Å². The Balaban J connectivity index is 1.97. The summed E-state index contributed by atoms with van der Waals surface area (Å²) in [4.78, 5) is 4.48. The molecule has 2 nitrogen and oxygen atoms in total. The lowest BCUT2D eigenvalue weighted by molar-refractivity contribution is 0.413. The van der Waals surface area contributed by atoms with E-state index < -0.39 is 0 Å². The molecule has 0 spiro atoms. The maximum absolute atomic E-state index is 4.48. The van der Waals surface area contributed by atoms with Crippen LogP contribution in [-0.4, -0.2) is 17.6 Å². The van der Waals surface area contributed by atoms with E-state index in [1.54, 1.807) is 0 Å². The van der Waals surface area contributed by atoms with Crippen molar-refractivity contribution < 1.29 is 0 Å². The summed E-state index contributed by atoms with van der Waals surface area (Å²) in [6.07, 6.45) is 4.45. The van der Waals surface area contributed by atoms with Crippen LogP contribution in [-0.2, 0) is 0 Å². The second-order valence-electron chi connectivity index (χ2n) is 5.62. The number of nitrogens with one attached hydrogen (secondary N) is 1. The van der Waals surface area contributed by atoms with Crippen molar-refractivity contribution in [2.45, 2.75) is 38.6 Å². The molecule has 1 aromatic carbocycles. The summed E-state index contributed by atoms with van der Waals surface area (Å²) < 4.78 is 0. The summed E-state index contributed by atoms with van der Waals surface area (Å²) >= 11 is 0. The SMILES string of the molecule is CCNC1CCC(c2cccc3ncccc23)C1C. The molecule has 3 unspecified atom stereocenters. The Kier molecular flexibility index (Phi) is 3.52. The first-order chi connectivity index (χ1) is 9.31. The molecule has 1 saturated carbocycles. The predicted molar refractivity (Wildman–Crippen MR) is 80.3 cm³/mol. The third-order valence-electron chi connectivity index (χ3n) is 4.60. The van der Waals surface area contributed by atoms with E-state index in [9.17, 15) is 0 Å². The van der Waals surface area contributed by atoms with E-state index in [1.165, 1.54) is 23.8 Å². The van der Waals surface area contributed by atoms with Gasteiger partial charge in [0.05, 0.1) is 5.52 Å². The second kappa shape index (κ2) is 5.30. The molecule has 2 aromatic rings. The minimum atomic E-state index is 0.664. The molecule has 19 heavy (non-hydrogen) atoms. The molecular weight excluding hydrogens is 232 g/mol. The normalized spacial score (nSPS) is 26.9. The number of nitrogens with zero attached hydrogens (tertiary/aromatic N) is 1. The van der Waals surface area contributed by atoms with Crippen LogP contribution < -0.4 is 5.32 Å². The van der Waals surface area contributed by atoms with Gasteiger partial charge in [-0.2, -0.15) is 0 Å². The first-order valence-electron chi connectivity index (χ1n) is 7.38. The van der Waals surface area contributed by atoms with E-state index in [-0.39, 0.29) is 0 Å². The zero-order valence-corrected chi connectivity index (χ0v) is 11.8. The quantitative estimate of drug-likeness (QED) is 0.903. The van der Waals surface area contributed by atoms with Gasteiger partial charge in [0.2, 0.25) is 0 Å². The molecule has 0 aliphatic heterocycles. The lowest BCUT2D eigenvalue weighted by atomic mass is 9.86. The fraction of sp³-hybridized carbons (Fsp3) is 0.471. The summed E-state index contributed by atoms with van der Waals surface area (Å²) in [5.74, 6) is 1.36. The van der Waals surface area contributed by atoms with Gasteiger partial charge in [0.15, 0.2) is 0 Å². The Morgan fingerprint density at radius 2 is 2.11 bits per heavy atom. The Morgan fingerprint density at radius 3 is 2.95 bits per heavy atom. The number of hydrogen-bond acceptors (Lipinski definition) is 2. The summed E-state index contributed by atoms with van der Waals surface area (Å²) in [6.45, 7) is 5.65. The zero-order chi connectivity index (χ0) is 13.2. The van der Waals surface area contributed by atoms with Crippen LogP contribution in [0.5, 0.6) is 0 Å². The molecule has 3 atom stereocenters. The first kappa shape index (κ1) is 12.6. The van der Waals surface area contributed by atoms with E-state index in [2.05, 4.69) is 48.4 Å². The Bertz CT molecular complexity index is 559. The monoisotopic (exact) mass is 254 g/mol. The third-order valence-corrected chi connectivity index (χ3v) is 4.60. The predicted octanol–water partition coefficient (Wildman–Crippen LogP) is 3.73. The lowest BCUT2D eigenvalue weighted by Gasteiger charge is -2.22. The average Bonchev–Trinajstić information content (AvgIpc) is 2.80. The van der Waals surface area contributed by atoms with E-state index >= 15 is 0 Å². The highest BCUT2D eigenvalue weighted by atomic mass is 14.9. The Labute approximate surface area is 115 Å². The maximum Gasteiger partial charge on any atom is 0.0704 e. The summed E-state index contributed by atoms with van der Waals surface area (Å²) in [7, 11) is 0. The summed E-state index contributed by atoms with van der Waals surface area (Å²) in [6, 6.07) is 11.5. The van der Waals surface area contributed by atoms with Gasteiger partial charge in [0, 0.05) is 17.6 Å². The molecule has 0 saturated heterocycles. The van der Waals surface area contributed by atoms with E-state index in [1.807, 2.05) is 12.3 Å². The van der Waals surface area contributed by atoms with Gasteiger partial charge < -0.3 is 5.32 Å². The van der Waals surface area contributed by atoms with Gasteiger partial charge in [-0.05, 0) is 48.9 Å². The molecule has 1 aliphatic carbocycles. The molecule has 1 aliphatic rings. The van der Waals surface area contributed by atoms with Crippen LogP contribution in [0.1, 0.15) is 38.2 Å². The molecule has 0 bridgehead atoms. The molecule has 1 fully saturated rings. The number of rotatable bonds is 3. The number of pyridine rings is 1. The second-order valence-corrected chi connectivity index (χ2v) is 5.62. The van der Waals surface area contributed by atoms with Crippen LogP contribution in [0.15, 0.2) is 36.5 Å². The van der Waals surface area contributed by atoms with Gasteiger partial charge in [0.25, 0.3) is 0 Å². The van der Waals surface area contributed by atoms with E-state index in [0.29, 0.717) is 17.9 Å². The van der Waals surface area contributed by atoms with Crippen LogP contribution in [0.3, 0.4) is 0 Å². The highest BCUT2D eigenvalue weighted by Crippen LogP contribution is 2.41. The number of benzene rings is 1. The molecule has 100 valence electrons. The number of fused-ring (bicyclic) bond motifs is 1. The highest BCUT2D eigenvalue weighted by Gasteiger charge is 2.33. The molecule has 1 N–H and O–H groups in total. The van der Waals surface area contributed by atoms with Gasteiger partial charge >= 0.3 is 0 Å². The fourth-order valence-electron chi connectivity index (χ4n) is 3.60. The van der Waals surface area contributed by atoms with Crippen molar-refractivity contribution >= 4 is 10.9 Å². The molecule has 1 heterocycles. The fourth-order valence-corrected chi connectivity index (χ4v) is 3.60. The topological polar surface area (TPSA) is 24.9 Å². The lowest BCUT2D eigenvalue weighted by Crippen LogP contribution is -2.32. The van der Waals surface area contributed by atoms with Crippen molar-refractivity contribution in [1.29, 1.82) is 0 Å². The number of hydrogen-bond donors (Lipinski definition) is 1. The summed E-state index contributed by atoms with van der Waals surface area (Å²) in [5, 5.41) is 4.96. The number of aromatic nitrogens is 1. The minimum Gasteiger partial charge on any atom is -0.314 e. The largest absolute Gasteiger partial charge is 0.314 e. The van der Waals surface area contributed by atoms with Gasteiger partial charge in [-0.15, -0.1) is 0 Å². The average molecular weight is 254 g/mol.